The smallest absolute Gasteiger partial charge is 0.0860 e. The molecule has 1 unspecified atom stereocenters. The van der Waals surface area contributed by atoms with Gasteiger partial charge in [-0.3, -0.25) is 0 Å². The average Bonchev–Trinajstić information content (AvgIpc) is 2.54. The van der Waals surface area contributed by atoms with E-state index in [4.69, 9.17) is 5.73 Å². The maximum absolute atomic E-state index is 11.0. The highest BCUT2D eigenvalue weighted by Gasteiger charge is 2.41. The van der Waals surface area contributed by atoms with Crippen molar-refractivity contribution in [3.8, 4) is 0 Å². The lowest BCUT2D eigenvalue weighted by atomic mass is 9.65. The third-order valence-electron chi connectivity index (χ3n) is 5.40. The lowest BCUT2D eigenvalue weighted by molar-refractivity contribution is -0.0108. The van der Waals surface area contributed by atoms with Crippen molar-refractivity contribution in [3.63, 3.8) is 0 Å². The zero-order valence-electron chi connectivity index (χ0n) is 12.9. The largest absolute Gasteiger partial charge is 0.388 e. The number of hydrogen-bond donors (Lipinski definition) is 2. The number of rotatable bonds is 5. The van der Waals surface area contributed by atoms with Gasteiger partial charge in [0.1, 0.15) is 0 Å². The minimum atomic E-state index is -0.415. The minimum absolute atomic E-state index is 0.114. The third kappa shape index (κ3) is 2.91. The Morgan fingerprint density at radius 3 is 2.45 bits per heavy atom. The number of nitrogens with two attached hydrogens (primary N) is 1. The molecule has 1 aliphatic carbocycles. The van der Waals surface area contributed by atoms with E-state index >= 15 is 0 Å². The molecule has 0 bridgehead atoms. The van der Waals surface area contributed by atoms with Crippen LogP contribution >= 0.6 is 0 Å². The molecule has 0 radical (unpaired) electrons. The molecule has 20 heavy (non-hydrogen) atoms. The molecular weight excluding hydrogens is 246 g/mol. The molecule has 1 aromatic carbocycles. The number of aliphatic hydroxyl groups is 1. The van der Waals surface area contributed by atoms with E-state index in [1.807, 2.05) is 6.07 Å². The lowest BCUT2D eigenvalue weighted by Gasteiger charge is -2.43. The molecule has 1 fully saturated rings. The van der Waals surface area contributed by atoms with E-state index in [0.717, 1.165) is 30.7 Å². The van der Waals surface area contributed by atoms with Crippen molar-refractivity contribution in [2.75, 3.05) is 6.54 Å². The first-order valence-corrected chi connectivity index (χ1v) is 8.12. The van der Waals surface area contributed by atoms with Crippen molar-refractivity contribution in [3.05, 3.63) is 35.4 Å². The SMILES string of the molecule is CCc1ccccc1C(O)C1(CN)CCC(CC)CC1. The standard InChI is InChI=1S/C18H29NO/c1-3-14-9-11-18(13-19,12-10-14)17(20)16-8-6-5-7-15(16)4-2/h5-8,14,17,20H,3-4,9-13,19H2,1-2H3. The van der Waals surface area contributed by atoms with Crippen LogP contribution in [0.5, 0.6) is 0 Å². The molecule has 2 nitrogen and oxygen atoms in total. The van der Waals surface area contributed by atoms with Crippen molar-refractivity contribution >= 4 is 0 Å². The quantitative estimate of drug-likeness (QED) is 0.858. The molecule has 1 aromatic rings. The highest BCUT2D eigenvalue weighted by Crippen LogP contribution is 2.48. The number of hydrogen-bond acceptors (Lipinski definition) is 2. The van der Waals surface area contributed by atoms with E-state index in [2.05, 4.69) is 32.0 Å². The van der Waals surface area contributed by atoms with Crippen LogP contribution in [0.2, 0.25) is 0 Å². The molecule has 3 N–H and O–H groups in total. The molecule has 1 aliphatic rings. The van der Waals surface area contributed by atoms with Crippen molar-refractivity contribution in [2.24, 2.45) is 17.1 Å². The van der Waals surface area contributed by atoms with E-state index < -0.39 is 6.10 Å². The van der Waals surface area contributed by atoms with Crippen molar-refractivity contribution in [2.45, 2.75) is 58.5 Å². The van der Waals surface area contributed by atoms with Gasteiger partial charge in [0.2, 0.25) is 0 Å². The summed E-state index contributed by atoms with van der Waals surface area (Å²) in [5.74, 6) is 0.822. The number of aliphatic hydroxyl groups excluding tert-OH is 1. The maximum atomic E-state index is 11.0. The van der Waals surface area contributed by atoms with E-state index in [9.17, 15) is 5.11 Å². The Hall–Kier alpha value is -0.860. The van der Waals surface area contributed by atoms with E-state index in [-0.39, 0.29) is 5.41 Å². The summed E-state index contributed by atoms with van der Waals surface area (Å²) >= 11 is 0. The van der Waals surface area contributed by atoms with Crippen LogP contribution < -0.4 is 5.73 Å². The zero-order chi connectivity index (χ0) is 14.6. The molecule has 0 amide bonds. The predicted molar refractivity (Wildman–Crippen MR) is 84.5 cm³/mol. The Labute approximate surface area is 123 Å². The number of aryl methyl sites for hydroxylation is 1. The molecule has 0 saturated heterocycles. The summed E-state index contributed by atoms with van der Waals surface area (Å²) in [6.07, 6.45) is 6.33. The molecule has 2 heteroatoms. The molecule has 0 heterocycles. The number of benzene rings is 1. The molecule has 112 valence electrons. The van der Waals surface area contributed by atoms with Crippen molar-refractivity contribution in [1.29, 1.82) is 0 Å². The van der Waals surface area contributed by atoms with Gasteiger partial charge in [0.15, 0.2) is 0 Å². The van der Waals surface area contributed by atoms with Gasteiger partial charge in [0.25, 0.3) is 0 Å². The topological polar surface area (TPSA) is 46.2 Å². The van der Waals surface area contributed by atoms with Crippen LogP contribution in [-0.2, 0) is 6.42 Å². The molecule has 1 saturated carbocycles. The minimum Gasteiger partial charge on any atom is -0.388 e. The van der Waals surface area contributed by atoms with E-state index in [1.165, 1.54) is 24.8 Å². The molecular formula is C18H29NO. The Morgan fingerprint density at radius 2 is 1.90 bits per heavy atom. The maximum Gasteiger partial charge on any atom is 0.0860 e. The second-order valence-electron chi connectivity index (χ2n) is 6.37. The predicted octanol–water partition coefficient (Wildman–Crippen LogP) is 3.83. The fourth-order valence-electron chi connectivity index (χ4n) is 3.70. The summed E-state index contributed by atoms with van der Waals surface area (Å²) in [4.78, 5) is 0. The van der Waals surface area contributed by atoms with Gasteiger partial charge in [0.05, 0.1) is 6.10 Å². The normalized spacial score (nSPS) is 28.3. The summed E-state index contributed by atoms with van der Waals surface area (Å²) < 4.78 is 0. The van der Waals surface area contributed by atoms with Crippen LogP contribution in [0.15, 0.2) is 24.3 Å². The van der Waals surface area contributed by atoms with E-state index in [0.29, 0.717) is 6.54 Å². The molecule has 0 spiro atoms. The highest BCUT2D eigenvalue weighted by atomic mass is 16.3. The van der Waals surface area contributed by atoms with Gasteiger partial charge < -0.3 is 10.8 Å². The van der Waals surface area contributed by atoms with Crippen LogP contribution in [0.3, 0.4) is 0 Å². The first-order valence-electron chi connectivity index (χ1n) is 8.12. The van der Waals surface area contributed by atoms with Crippen molar-refractivity contribution in [1.82, 2.24) is 0 Å². The van der Waals surface area contributed by atoms with Gasteiger partial charge in [-0.1, -0.05) is 44.5 Å². The third-order valence-corrected chi connectivity index (χ3v) is 5.40. The van der Waals surface area contributed by atoms with Gasteiger partial charge in [0, 0.05) is 12.0 Å². The average molecular weight is 275 g/mol. The summed E-state index contributed by atoms with van der Waals surface area (Å²) in [5.41, 5.74) is 8.33. The van der Waals surface area contributed by atoms with Gasteiger partial charge in [-0.25, -0.2) is 0 Å². The summed E-state index contributed by atoms with van der Waals surface area (Å²) in [5, 5.41) is 11.0. The van der Waals surface area contributed by atoms with Crippen LogP contribution in [0.4, 0.5) is 0 Å². The molecule has 0 aliphatic heterocycles. The van der Waals surface area contributed by atoms with Gasteiger partial charge in [-0.2, -0.15) is 0 Å². The summed E-state index contributed by atoms with van der Waals surface area (Å²) in [6, 6.07) is 8.28. The Balaban J connectivity index is 2.23. The Bertz CT molecular complexity index is 421. The zero-order valence-corrected chi connectivity index (χ0v) is 12.9. The van der Waals surface area contributed by atoms with Crippen LogP contribution in [0.25, 0.3) is 0 Å². The second-order valence-corrected chi connectivity index (χ2v) is 6.37. The van der Waals surface area contributed by atoms with Crippen molar-refractivity contribution < 1.29 is 5.11 Å². The highest BCUT2D eigenvalue weighted by molar-refractivity contribution is 5.30. The fourth-order valence-corrected chi connectivity index (χ4v) is 3.70. The van der Waals surface area contributed by atoms with Crippen LogP contribution in [0.1, 0.15) is 63.2 Å². The lowest BCUT2D eigenvalue weighted by Crippen LogP contribution is -2.40. The fraction of sp³-hybridized carbons (Fsp3) is 0.667. The first-order chi connectivity index (χ1) is 9.66. The van der Waals surface area contributed by atoms with Gasteiger partial charge >= 0.3 is 0 Å². The first kappa shape index (κ1) is 15.5. The van der Waals surface area contributed by atoms with Crippen LogP contribution in [-0.4, -0.2) is 11.7 Å². The van der Waals surface area contributed by atoms with Gasteiger partial charge in [-0.05, 0) is 49.1 Å². The molecule has 1 atom stereocenters. The molecule has 0 aromatic heterocycles. The Kier molecular flexibility index (Phi) is 5.22. The summed E-state index contributed by atoms with van der Waals surface area (Å²) in [7, 11) is 0. The molecule has 2 rings (SSSR count). The van der Waals surface area contributed by atoms with E-state index in [1.54, 1.807) is 0 Å². The van der Waals surface area contributed by atoms with Crippen LogP contribution in [0, 0.1) is 11.3 Å². The van der Waals surface area contributed by atoms with Gasteiger partial charge in [-0.15, -0.1) is 0 Å². The monoisotopic (exact) mass is 275 g/mol. The second kappa shape index (κ2) is 6.73. The summed E-state index contributed by atoms with van der Waals surface area (Å²) in [6.45, 7) is 5.00. The Morgan fingerprint density at radius 1 is 1.25 bits per heavy atom.